The number of ether oxygens (including phenoxy) is 3. The van der Waals surface area contributed by atoms with E-state index < -0.39 is 6.10 Å². The number of aliphatic hydroxyl groups excluding tert-OH is 1. The average molecular weight is 276 g/mol. The van der Waals surface area contributed by atoms with Crippen molar-refractivity contribution >= 4 is 0 Å². The largest absolute Gasteiger partial charge is 0.389 e. The maximum absolute atomic E-state index is 9.71. The Balaban J connectivity index is 1.93. The summed E-state index contributed by atoms with van der Waals surface area (Å²) in [6.07, 6.45) is -0.271. The van der Waals surface area contributed by atoms with E-state index >= 15 is 0 Å². The molecule has 0 aromatic heterocycles. The topological polar surface area (TPSA) is 63.2 Å². The number of nitrogens with one attached hydrogen (secondary N) is 1. The zero-order valence-corrected chi connectivity index (χ0v) is 12.1. The summed E-state index contributed by atoms with van der Waals surface area (Å²) in [7, 11) is 2.09. The van der Waals surface area contributed by atoms with Gasteiger partial charge in [0.15, 0.2) is 0 Å². The van der Waals surface area contributed by atoms with Gasteiger partial charge in [-0.3, -0.25) is 0 Å². The molecule has 0 spiro atoms. The summed E-state index contributed by atoms with van der Waals surface area (Å²) in [5.41, 5.74) is 0. The quantitative estimate of drug-likeness (QED) is 0.516. The van der Waals surface area contributed by atoms with Crippen LogP contribution in [-0.4, -0.2) is 88.5 Å². The van der Waals surface area contributed by atoms with Crippen LogP contribution >= 0.6 is 0 Å². The van der Waals surface area contributed by atoms with Crippen molar-refractivity contribution in [3.8, 4) is 0 Å². The third kappa shape index (κ3) is 8.52. The number of likely N-dealkylation sites (N-methyl/N-ethyl adjacent to an activating group) is 1. The molecule has 1 fully saturated rings. The molecule has 1 saturated heterocycles. The first-order valence-corrected chi connectivity index (χ1v) is 7.06. The van der Waals surface area contributed by atoms with E-state index in [1.807, 2.05) is 6.92 Å². The van der Waals surface area contributed by atoms with E-state index in [1.165, 1.54) is 0 Å². The Morgan fingerprint density at radius 3 is 2.95 bits per heavy atom. The van der Waals surface area contributed by atoms with Gasteiger partial charge in [-0.25, -0.2) is 0 Å². The molecule has 0 aromatic carbocycles. The first-order valence-electron chi connectivity index (χ1n) is 7.06. The van der Waals surface area contributed by atoms with E-state index in [0.717, 1.165) is 26.2 Å². The van der Waals surface area contributed by atoms with E-state index in [1.54, 1.807) is 0 Å². The zero-order valence-electron chi connectivity index (χ0n) is 12.1. The normalized spacial score (nSPS) is 22.6. The molecule has 0 bridgehead atoms. The fourth-order valence-electron chi connectivity index (χ4n) is 1.94. The SMILES string of the molecule is CCOCCOCC(O)CNCC1CN(C)CCO1. The Kier molecular flexibility index (Phi) is 9.32. The van der Waals surface area contributed by atoms with E-state index in [4.69, 9.17) is 14.2 Å². The van der Waals surface area contributed by atoms with Gasteiger partial charge in [0.25, 0.3) is 0 Å². The molecular formula is C13H28N2O4. The van der Waals surface area contributed by atoms with Crippen molar-refractivity contribution in [2.75, 3.05) is 66.3 Å². The van der Waals surface area contributed by atoms with Crippen LogP contribution in [0, 0.1) is 0 Å². The number of hydrogen-bond donors (Lipinski definition) is 2. The average Bonchev–Trinajstić information content (AvgIpc) is 2.38. The van der Waals surface area contributed by atoms with Crippen LogP contribution in [0.25, 0.3) is 0 Å². The van der Waals surface area contributed by atoms with Gasteiger partial charge in [0.1, 0.15) is 0 Å². The lowest BCUT2D eigenvalue weighted by Gasteiger charge is -2.30. The van der Waals surface area contributed by atoms with Crippen LogP contribution in [-0.2, 0) is 14.2 Å². The molecule has 2 atom stereocenters. The second-order valence-corrected chi connectivity index (χ2v) is 4.84. The van der Waals surface area contributed by atoms with E-state index in [-0.39, 0.29) is 6.10 Å². The fourth-order valence-corrected chi connectivity index (χ4v) is 1.94. The van der Waals surface area contributed by atoms with E-state index in [2.05, 4.69) is 17.3 Å². The van der Waals surface area contributed by atoms with Crippen LogP contribution < -0.4 is 5.32 Å². The summed E-state index contributed by atoms with van der Waals surface area (Å²) >= 11 is 0. The molecule has 0 aromatic rings. The molecule has 0 radical (unpaired) electrons. The van der Waals surface area contributed by atoms with Crippen molar-refractivity contribution in [3.05, 3.63) is 0 Å². The predicted octanol–water partition coefficient (Wildman–Crippen LogP) is -0.679. The highest BCUT2D eigenvalue weighted by Crippen LogP contribution is 2.01. The lowest BCUT2D eigenvalue weighted by Crippen LogP contribution is -2.46. The van der Waals surface area contributed by atoms with Crippen LogP contribution in [0.1, 0.15) is 6.92 Å². The van der Waals surface area contributed by atoms with Gasteiger partial charge in [-0.15, -0.1) is 0 Å². The van der Waals surface area contributed by atoms with Crippen molar-refractivity contribution < 1.29 is 19.3 Å². The van der Waals surface area contributed by atoms with Crippen molar-refractivity contribution in [1.29, 1.82) is 0 Å². The van der Waals surface area contributed by atoms with Crippen molar-refractivity contribution in [2.45, 2.75) is 19.1 Å². The summed E-state index contributed by atoms with van der Waals surface area (Å²) in [4.78, 5) is 2.25. The molecule has 0 aliphatic carbocycles. The van der Waals surface area contributed by atoms with E-state index in [9.17, 15) is 5.11 Å². The van der Waals surface area contributed by atoms with Crippen LogP contribution in [0.15, 0.2) is 0 Å². The van der Waals surface area contributed by atoms with Gasteiger partial charge in [-0.2, -0.15) is 0 Å². The van der Waals surface area contributed by atoms with Crippen molar-refractivity contribution in [3.63, 3.8) is 0 Å². The van der Waals surface area contributed by atoms with Gasteiger partial charge in [0.2, 0.25) is 0 Å². The van der Waals surface area contributed by atoms with Crippen molar-refractivity contribution in [1.82, 2.24) is 10.2 Å². The van der Waals surface area contributed by atoms with Crippen LogP contribution in [0.4, 0.5) is 0 Å². The molecule has 1 rings (SSSR count). The van der Waals surface area contributed by atoms with Gasteiger partial charge in [0, 0.05) is 32.8 Å². The number of morpholine rings is 1. The standard InChI is InChI=1S/C13H28N2O4/c1-3-17-6-7-18-11-12(16)8-14-9-13-10-15(2)4-5-19-13/h12-14,16H,3-11H2,1-2H3. The van der Waals surface area contributed by atoms with Gasteiger partial charge >= 0.3 is 0 Å². The predicted molar refractivity (Wildman–Crippen MR) is 73.4 cm³/mol. The zero-order chi connectivity index (χ0) is 13.9. The van der Waals surface area contributed by atoms with E-state index in [0.29, 0.717) is 33.0 Å². The highest BCUT2D eigenvalue weighted by atomic mass is 16.5. The molecule has 19 heavy (non-hydrogen) atoms. The summed E-state index contributed by atoms with van der Waals surface area (Å²) < 4.78 is 16.1. The van der Waals surface area contributed by atoms with Crippen LogP contribution in [0.2, 0.25) is 0 Å². The Labute approximate surface area is 116 Å². The molecule has 0 saturated carbocycles. The van der Waals surface area contributed by atoms with Crippen molar-refractivity contribution in [2.24, 2.45) is 0 Å². The van der Waals surface area contributed by atoms with Gasteiger partial charge in [-0.1, -0.05) is 0 Å². The van der Waals surface area contributed by atoms with Gasteiger partial charge in [-0.05, 0) is 14.0 Å². The van der Waals surface area contributed by atoms with Gasteiger partial charge in [0.05, 0.1) is 38.6 Å². The Bertz CT molecular complexity index is 219. The molecule has 0 amide bonds. The lowest BCUT2D eigenvalue weighted by atomic mass is 10.2. The maximum atomic E-state index is 9.71. The first kappa shape index (κ1) is 16.8. The second kappa shape index (κ2) is 10.5. The summed E-state index contributed by atoms with van der Waals surface area (Å²) in [6, 6.07) is 0. The van der Waals surface area contributed by atoms with Gasteiger partial charge < -0.3 is 29.5 Å². The second-order valence-electron chi connectivity index (χ2n) is 4.84. The fraction of sp³-hybridized carbons (Fsp3) is 1.00. The minimum atomic E-state index is -0.483. The Hall–Kier alpha value is -0.240. The molecule has 1 heterocycles. The highest BCUT2D eigenvalue weighted by molar-refractivity contribution is 4.71. The summed E-state index contributed by atoms with van der Waals surface area (Å²) in [6.45, 7) is 8.10. The van der Waals surface area contributed by atoms with Crippen LogP contribution in [0.5, 0.6) is 0 Å². The Morgan fingerprint density at radius 2 is 2.21 bits per heavy atom. The monoisotopic (exact) mass is 276 g/mol. The number of aliphatic hydroxyl groups is 1. The third-order valence-electron chi connectivity index (χ3n) is 2.98. The molecule has 2 N–H and O–H groups in total. The lowest BCUT2D eigenvalue weighted by molar-refractivity contribution is -0.0221. The Morgan fingerprint density at radius 1 is 1.42 bits per heavy atom. The molecule has 2 unspecified atom stereocenters. The molecule has 1 aliphatic heterocycles. The number of hydrogen-bond acceptors (Lipinski definition) is 6. The molecule has 6 heteroatoms. The number of nitrogens with zero attached hydrogens (tertiary/aromatic N) is 1. The highest BCUT2D eigenvalue weighted by Gasteiger charge is 2.17. The molecule has 1 aliphatic rings. The van der Waals surface area contributed by atoms with Crippen LogP contribution in [0.3, 0.4) is 0 Å². The minimum absolute atomic E-state index is 0.213. The smallest absolute Gasteiger partial charge is 0.0897 e. The first-order chi connectivity index (χ1) is 9.22. The molecule has 114 valence electrons. The summed E-state index contributed by atoms with van der Waals surface area (Å²) in [5, 5.41) is 12.9. The molecular weight excluding hydrogens is 248 g/mol. The summed E-state index contributed by atoms with van der Waals surface area (Å²) in [5.74, 6) is 0. The number of rotatable bonds is 10. The maximum Gasteiger partial charge on any atom is 0.0897 e. The minimum Gasteiger partial charge on any atom is -0.389 e. The third-order valence-corrected chi connectivity index (χ3v) is 2.98. The molecule has 6 nitrogen and oxygen atoms in total.